The normalized spacial score (nSPS) is 11.4. The second-order valence-corrected chi connectivity index (χ2v) is 3.74. The van der Waals surface area contributed by atoms with Gasteiger partial charge >= 0.3 is 0 Å². The summed E-state index contributed by atoms with van der Waals surface area (Å²) in [6, 6.07) is 2.16. The highest BCUT2D eigenvalue weighted by molar-refractivity contribution is 5.82. The minimum atomic E-state index is 0.540. The van der Waals surface area contributed by atoms with Crippen LogP contribution in [0.5, 0.6) is 0 Å². The SMILES string of the molecule is CC(C)c1cncc2c1ccn2C. The zero-order chi connectivity index (χ0) is 9.42. The van der Waals surface area contributed by atoms with Crippen LogP contribution in [0.1, 0.15) is 25.3 Å². The van der Waals surface area contributed by atoms with Gasteiger partial charge in [-0.3, -0.25) is 4.98 Å². The third kappa shape index (κ3) is 1.22. The molecule has 0 saturated carbocycles. The first-order chi connectivity index (χ1) is 6.20. The Morgan fingerprint density at radius 3 is 2.77 bits per heavy atom. The van der Waals surface area contributed by atoms with Gasteiger partial charge in [0.2, 0.25) is 0 Å². The summed E-state index contributed by atoms with van der Waals surface area (Å²) in [6.07, 6.45) is 5.96. The second-order valence-electron chi connectivity index (χ2n) is 3.74. The largest absolute Gasteiger partial charge is 0.349 e. The van der Waals surface area contributed by atoms with Crippen LogP contribution in [0.2, 0.25) is 0 Å². The Hall–Kier alpha value is -1.31. The van der Waals surface area contributed by atoms with Crippen molar-refractivity contribution in [2.45, 2.75) is 19.8 Å². The quantitative estimate of drug-likeness (QED) is 0.650. The Balaban J connectivity index is 2.77. The van der Waals surface area contributed by atoms with Gasteiger partial charge in [0.1, 0.15) is 0 Å². The van der Waals surface area contributed by atoms with Crippen LogP contribution < -0.4 is 0 Å². The monoisotopic (exact) mass is 174 g/mol. The van der Waals surface area contributed by atoms with Gasteiger partial charge in [-0.15, -0.1) is 0 Å². The van der Waals surface area contributed by atoms with Gasteiger partial charge in [-0.05, 0) is 17.5 Å². The zero-order valence-electron chi connectivity index (χ0n) is 8.28. The third-order valence-electron chi connectivity index (χ3n) is 2.46. The summed E-state index contributed by atoms with van der Waals surface area (Å²) in [4.78, 5) is 4.25. The average molecular weight is 174 g/mol. The molecule has 2 aromatic rings. The van der Waals surface area contributed by atoms with Crippen molar-refractivity contribution in [2.24, 2.45) is 7.05 Å². The topological polar surface area (TPSA) is 17.8 Å². The van der Waals surface area contributed by atoms with Gasteiger partial charge in [-0.1, -0.05) is 13.8 Å². The van der Waals surface area contributed by atoms with Crippen LogP contribution in [0.15, 0.2) is 24.7 Å². The highest BCUT2D eigenvalue weighted by atomic mass is 14.9. The first kappa shape index (κ1) is 8.30. The number of pyridine rings is 1. The Kier molecular flexibility index (Phi) is 1.83. The Labute approximate surface area is 78.2 Å². The van der Waals surface area contributed by atoms with Crippen LogP contribution in [0.3, 0.4) is 0 Å². The summed E-state index contributed by atoms with van der Waals surface area (Å²) in [5.74, 6) is 0.540. The van der Waals surface area contributed by atoms with Crippen molar-refractivity contribution < 1.29 is 0 Å². The van der Waals surface area contributed by atoms with E-state index in [1.54, 1.807) is 0 Å². The Morgan fingerprint density at radius 1 is 1.31 bits per heavy atom. The lowest BCUT2D eigenvalue weighted by Gasteiger charge is -2.06. The number of aromatic nitrogens is 2. The lowest BCUT2D eigenvalue weighted by Crippen LogP contribution is -1.91. The molecule has 2 aromatic heterocycles. The van der Waals surface area contributed by atoms with Crippen molar-refractivity contribution >= 4 is 10.9 Å². The number of nitrogens with zero attached hydrogens (tertiary/aromatic N) is 2. The molecule has 0 aliphatic carbocycles. The number of aryl methyl sites for hydroxylation is 1. The van der Waals surface area contributed by atoms with Crippen molar-refractivity contribution in [2.75, 3.05) is 0 Å². The molecule has 0 atom stereocenters. The van der Waals surface area contributed by atoms with E-state index >= 15 is 0 Å². The van der Waals surface area contributed by atoms with E-state index in [-0.39, 0.29) is 0 Å². The van der Waals surface area contributed by atoms with Crippen molar-refractivity contribution in [3.63, 3.8) is 0 Å². The fourth-order valence-electron chi connectivity index (χ4n) is 1.66. The highest BCUT2D eigenvalue weighted by Crippen LogP contribution is 2.24. The summed E-state index contributed by atoms with van der Waals surface area (Å²) in [5, 5.41) is 1.33. The molecule has 0 spiro atoms. The summed E-state index contributed by atoms with van der Waals surface area (Å²) < 4.78 is 2.11. The molecule has 2 rings (SSSR count). The van der Waals surface area contributed by atoms with Crippen molar-refractivity contribution in [3.8, 4) is 0 Å². The number of hydrogen-bond acceptors (Lipinski definition) is 1. The van der Waals surface area contributed by atoms with Gasteiger partial charge in [0.05, 0.1) is 11.7 Å². The summed E-state index contributed by atoms with van der Waals surface area (Å²) in [6.45, 7) is 4.40. The van der Waals surface area contributed by atoms with Crippen LogP contribution in [-0.4, -0.2) is 9.55 Å². The molecule has 0 bridgehead atoms. The molecular formula is C11H14N2. The average Bonchev–Trinajstić information content (AvgIpc) is 2.48. The highest BCUT2D eigenvalue weighted by Gasteiger charge is 2.06. The minimum Gasteiger partial charge on any atom is -0.349 e. The first-order valence-electron chi connectivity index (χ1n) is 4.59. The van der Waals surface area contributed by atoms with E-state index in [2.05, 4.69) is 35.7 Å². The summed E-state index contributed by atoms with van der Waals surface area (Å²) in [7, 11) is 2.05. The predicted molar refractivity (Wildman–Crippen MR) is 54.8 cm³/mol. The molecule has 2 heteroatoms. The number of rotatable bonds is 1. The van der Waals surface area contributed by atoms with E-state index in [9.17, 15) is 0 Å². The van der Waals surface area contributed by atoms with E-state index in [4.69, 9.17) is 0 Å². The van der Waals surface area contributed by atoms with Gasteiger partial charge in [0.25, 0.3) is 0 Å². The smallest absolute Gasteiger partial charge is 0.0666 e. The van der Waals surface area contributed by atoms with Crippen LogP contribution >= 0.6 is 0 Å². The molecule has 0 amide bonds. The van der Waals surface area contributed by atoms with Gasteiger partial charge < -0.3 is 4.57 Å². The fraction of sp³-hybridized carbons (Fsp3) is 0.364. The maximum Gasteiger partial charge on any atom is 0.0666 e. The van der Waals surface area contributed by atoms with E-state index in [1.165, 1.54) is 16.5 Å². The number of hydrogen-bond donors (Lipinski definition) is 0. The van der Waals surface area contributed by atoms with E-state index < -0.39 is 0 Å². The second kappa shape index (κ2) is 2.87. The first-order valence-corrected chi connectivity index (χ1v) is 4.59. The van der Waals surface area contributed by atoms with Crippen LogP contribution in [-0.2, 0) is 7.05 Å². The molecule has 2 heterocycles. The summed E-state index contributed by atoms with van der Waals surface area (Å²) >= 11 is 0. The van der Waals surface area contributed by atoms with Crippen molar-refractivity contribution in [3.05, 3.63) is 30.2 Å². The molecule has 0 aliphatic rings. The molecule has 0 saturated heterocycles. The summed E-state index contributed by atoms with van der Waals surface area (Å²) in [5.41, 5.74) is 2.55. The van der Waals surface area contributed by atoms with E-state index in [1.807, 2.05) is 19.4 Å². The van der Waals surface area contributed by atoms with Crippen LogP contribution in [0.25, 0.3) is 10.9 Å². The van der Waals surface area contributed by atoms with Crippen LogP contribution in [0, 0.1) is 0 Å². The standard InChI is InChI=1S/C11H14N2/c1-8(2)10-6-12-7-11-9(10)4-5-13(11)3/h4-8H,1-3H3. The number of fused-ring (bicyclic) bond motifs is 1. The molecule has 0 radical (unpaired) electrons. The van der Waals surface area contributed by atoms with E-state index in [0.29, 0.717) is 5.92 Å². The van der Waals surface area contributed by atoms with Gasteiger partial charge in [0, 0.05) is 24.8 Å². The molecular weight excluding hydrogens is 160 g/mol. The molecule has 2 nitrogen and oxygen atoms in total. The minimum absolute atomic E-state index is 0.540. The molecule has 0 aromatic carbocycles. The van der Waals surface area contributed by atoms with Gasteiger partial charge in [0.15, 0.2) is 0 Å². The maximum absolute atomic E-state index is 4.25. The third-order valence-corrected chi connectivity index (χ3v) is 2.46. The predicted octanol–water partition coefficient (Wildman–Crippen LogP) is 2.70. The molecule has 0 N–H and O–H groups in total. The Bertz CT molecular complexity index is 427. The van der Waals surface area contributed by atoms with E-state index in [0.717, 1.165) is 0 Å². The molecule has 0 unspecified atom stereocenters. The molecule has 13 heavy (non-hydrogen) atoms. The van der Waals surface area contributed by atoms with Crippen molar-refractivity contribution in [1.82, 2.24) is 9.55 Å². The van der Waals surface area contributed by atoms with Gasteiger partial charge in [-0.2, -0.15) is 0 Å². The molecule has 68 valence electrons. The maximum atomic E-state index is 4.25. The molecule has 0 fully saturated rings. The fourth-order valence-corrected chi connectivity index (χ4v) is 1.66. The van der Waals surface area contributed by atoms with Crippen LogP contribution in [0.4, 0.5) is 0 Å². The lowest BCUT2D eigenvalue weighted by molar-refractivity contribution is 0.867. The lowest BCUT2D eigenvalue weighted by atomic mass is 10.0. The Morgan fingerprint density at radius 2 is 2.08 bits per heavy atom. The molecule has 0 aliphatic heterocycles. The van der Waals surface area contributed by atoms with Gasteiger partial charge in [-0.25, -0.2) is 0 Å². The zero-order valence-corrected chi connectivity index (χ0v) is 8.28. The van der Waals surface area contributed by atoms with Crippen molar-refractivity contribution in [1.29, 1.82) is 0 Å².